The van der Waals surface area contributed by atoms with E-state index in [0.717, 1.165) is 38.5 Å². The Kier molecular flexibility index (Phi) is 9.54. The molecule has 0 saturated heterocycles. The topological polar surface area (TPSA) is 67.2 Å². The molecule has 1 saturated carbocycles. The third-order valence-corrected chi connectivity index (χ3v) is 4.64. The SMILES string of the molecule is COC(=O)CCCCCCCCCCC1C(=O)CCC1C#N. The second kappa shape index (κ2) is 11.2. The van der Waals surface area contributed by atoms with Crippen LogP contribution in [0.1, 0.15) is 77.0 Å². The van der Waals surface area contributed by atoms with Gasteiger partial charge in [0.15, 0.2) is 0 Å². The molecule has 2 unspecified atom stereocenters. The summed E-state index contributed by atoms with van der Waals surface area (Å²) in [7, 11) is 1.43. The molecule has 4 nitrogen and oxygen atoms in total. The number of ether oxygens (including phenoxy) is 1. The summed E-state index contributed by atoms with van der Waals surface area (Å²) in [5.41, 5.74) is 0. The van der Waals surface area contributed by atoms with Crippen molar-refractivity contribution in [2.24, 2.45) is 11.8 Å². The minimum absolute atomic E-state index is 0.0170. The maximum Gasteiger partial charge on any atom is 0.305 e. The summed E-state index contributed by atoms with van der Waals surface area (Å²) >= 11 is 0. The molecule has 22 heavy (non-hydrogen) atoms. The number of nitriles is 1. The second-order valence-corrected chi connectivity index (χ2v) is 6.29. The van der Waals surface area contributed by atoms with Gasteiger partial charge < -0.3 is 4.74 Å². The van der Waals surface area contributed by atoms with E-state index >= 15 is 0 Å². The van der Waals surface area contributed by atoms with E-state index < -0.39 is 0 Å². The molecule has 0 aromatic carbocycles. The quantitative estimate of drug-likeness (QED) is 0.424. The molecule has 0 aliphatic heterocycles. The molecule has 0 amide bonds. The van der Waals surface area contributed by atoms with Crippen LogP contribution in [0.5, 0.6) is 0 Å². The largest absolute Gasteiger partial charge is 0.469 e. The van der Waals surface area contributed by atoms with Crippen molar-refractivity contribution in [3.63, 3.8) is 0 Å². The fraction of sp³-hybridized carbons (Fsp3) is 0.833. The van der Waals surface area contributed by atoms with E-state index in [-0.39, 0.29) is 17.8 Å². The van der Waals surface area contributed by atoms with Crippen LogP contribution in [0.25, 0.3) is 0 Å². The molecule has 0 bridgehead atoms. The fourth-order valence-corrected chi connectivity index (χ4v) is 3.22. The molecule has 0 aromatic heterocycles. The first-order valence-corrected chi connectivity index (χ1v) is 8.68. The van der Waals surface area contributed by atoms with Gasteiger partial charge in [-0.1, -0.05) is 44.9 Å². The first kappa shape index (κ1) is 18.7. The molecular weight excluding hydrogens is 278 g/mol. The van der Waals surface area contributed by atoms with Gasteiger partial charge >= 0.3 is 5.97 Å². The number of hydrogen-bond acceptors (Lipinski definition) is 4. The van der Waals surface area contributed by atoms with Gasteiger partial charge in [-0.05, 0) is 19.3 Å². The number of carbonyl (C=O) groups is 2. The lowest BCUT2D eigenvalue weighted by Crippen LogP contribution is -2.13. The minimum Gasteiger partial charge on any atom is -0.469 e. The highest BCUT2D eigenvalue weighted by atomic mass is 16.5. The van der Waals surface area contributed by atoms with Gasteiger partial charge in [0, 0.05) is 18.8 Å². The second-order valence-electron chi connectivity index (χ2n) is 6.29. The van der Waals surface area contributed by atoms with Gasteiger partial charge in [0.25, 0.3) is 0 Å². The van der Waals surface area contributed by atoms with Gasteiger partial charge in [-0.25, -0.2) is 0 Å². The normalized spacial score (nSPS) is 20.8. The zero-order valence-corrected chi connectivity index (χ0v) is 13.8. The lowest BCUT2D eigenvalue weighted by Gasteiger charge is -2.11. The van der Waals surface area contributed by atoms with E-state index in [2.05, 4.69) is 10.8 Å². The number of nitrogens with zero attached hydrogens (tertiary/aromatic N) is 1. The van der Waals surface area contributed by atoms with Crippen LogP contribution in [0.15, 0.2) is 0 Å². The summed E-state index contributed by atoms with van der Waals surface area (Å²) in [6.07, 6.45) is 11.9. The van der Waals surface area contributed by atoms with Crippen LogP contribution in [-0.4, -0.2) is 18.9 Å². The van der Waals surface area contributed by atoms with E-state index in [4.69, 9.17) is 5.26 Å². The molecule has 0 aromatic rings. The molecule has 2 atom stereocenters. The Bertz CT molecular complexity index is 386. The minimum atomic E-state index is -0.114. The third-order valence-electron chi connectivity index (χ3n) is 4.64. The maximum atomic E-state index is 11.7. The van der Waals surface area contributed by atoms with E-state index in [0.29, 0.717) is 18.6 Å². The summed E-state index contributed by atoms with van der Waals surface area (Å²) in [6, 6.07) is 2.28. The molecule has 0 N–H and O–H groups in total. The zero-order valence-electron chi connectivity index (χ0n) is 13.8. The molecule has 0 spiro atoms. The number of unbranched alkanes of at least 4 members (excludes halogenated alkanes) is 7. The number of carbonyl (C=O) groups excluding carboxylic acids is 2. The van der Waals surface area contributed by atoms with Gasteiger partial charge in [-0.2, -0.15) is 5.26 Å². The van der Waals surface area contributed by atoms with Crippen LogP contribution >= 0.6 is 0 Å². The van der Waals surface area contributed by atoms with E-state index in [1.807, 2.05) is 0 Å². The van der Waals surface area contributed by atoms with Crippen molar-refractivity contribution in [1.29, 1.82) is 5.26 Å². The smallest absolute Gasteiger partial charge is 0.305 e. The number of rotatable bonds is 11. The monoisotopic (exact) mass is 307 g/mol. The van der Waals surface area contributed by atoms with Crippen LogP contribution in [0.4, 0.5) is 0 Å². The van der Waals surface area contributed by atoms with Crippen molar-refractivity contribution in [1.82, 2.24) is 0 Å². The summed E-state index contributed by atoms with van der Waals surface area (Å²) in [5, 5.41) is 9.02. The van der Waals surface area contributed by atoms with E-state index in [1.54, 1.807) is 0 Å². The predicted molar refractivity (Wildman–Crippen MR) is 85.0 cm³/mol. The van der Waals surface area contributed by atoms with Gasteiger partial charge in [0.1, 0.15) is 5.78 Å². The Morgan fingerprint density at radius 1 is 1.14 bits per heavy atom. The zero-order chi connectivity index (χ0) is 16.2. The number of esters is 1. The Labute approximate surface area is 134 Å². The Morgan fingerprint density at radius 3 is 2.32 bits per heavy atom. The van der Waals surface area contributed by atoms with Crippen molar-refractivity contribution < 1.29 is 14.3 Å². The standard InChI is InChI=1S/C18H29NO3/c1-22-18(21)11-9-7-5-3-2-4-6-8-10-16-15(14-19)12-13-17(16)20/h15-16H,2-13H2,1H3. The van der Waals surface area contributed by atoms with Crippen molar-refractivity contribution in [3.05, 3.63) is 0 Å². The number of methoxy groups -OCH3 is 1. The van der Waals surface area contributed by atoms with E-state index in [1.165, 1.54) is 32.8 Å². The van der Waals surface area contributed by atoms with Crippen molar-refractivity contribution in [2.45, 2.75) is 77.0 Å². The lowest BCUT2D eigenvalue weighted by molar-refractivity contribution is -0.140. The molecule has 0 radical (unpaired) electrons. The molecule has 1 aliphatic carbocycles. The van der Waals surface area contributed by atoms with Gasteiger partial charge in [-0.3, -0.25) is 9.59 Å². The molecule has 0 heterocycles. The summed E-state index contributed by atoms with van der Waals surface area (Å²) in [6.45, 7) is 0. The summed E-state index contributed by atoms with van der Waals surface area (Å²) in [5.74, 6) is 0.180. The molecule has 1 rings (SSSR count). The highest BCUT2D eigenvalue weighted by Gasteiger charge is 2.33. The number of Topliss-reactive ketones (excluding diaryl/α,β-unsaturated/α-hetero) is 1. The van der Waals surface area contributed by atoms with Crippen LogP contribution in [0.2, 0.25) is 0 Å². The molecular formula is C18H29NO3. The number of hydrogen-bond donors (Lipinski definition) is 0. The van der Waals surface area contributed by atoms with Crippen LogP contribution in [0.3, 0.4) is 0 Å². The van der Waals surface area contributed by atoms with E-state index in [9.17, 15) is 9.59 Å². The summed E-state index contributed by atoms with van der Waals surface area (Å²) < 4.78 is 4.60. The van der Waals surface area contributed by atoms with Crippen molar-refractivity contribution in [3.8, 4) is 6.07 Å². The average Bonchev–Trinajstić information content (AvgIpc) is 2.89. The first-order chi connectivity index (χ1) is 10.7. The predicted octanol–water partition coefficient (Wildman–Crippen LogP) is 4.18. The van der Waals surface area contributed by atoms with Crippen molar-refractivity contribution >= 4 is 11.8 Å². The molecule has 4 heteroatoms. The van der Waals surface area contributed by atoms with Crippen LogP contribution in [0, 0.1) is 23.2 Å². The summed E-state index contributed by atoms with van der Waals surface area (Å²) in [4.78, 5) is 22.6. The van der Waals surface area contributed by atoms with Crippen LogP contribution < -0.4 is 0 Å². The fourth-order valence-electron chi connectivity index (χ4n) is 3.22. The Morgan fingerprint density at radius 2 is 1.73 bits per heavy atom. The highest BCUT2D eigenvalue weighted by molar-refractivity contribution is 5.83. The molecule has 1 fully saturated rings. The van der Waals surface area contributed by atoms with Gasteiger partial charge in [0.2, 0.25) is 0 Å². The molecule has 124 valence electrons. The highest BCUT2D eigenvalue weighted by Crippen LogP contribution is 2.32. The average molecular weight is 307 g/mol. The van der Waals surface area contributed by atoms with Gasteiger partial charge in [0.05, 0.1) is 19.1 Å². The first-order valence-electron chi connectivity index (χ1n) is 8.68. The maximum absolute atomic E-state index is 11.7. The van der Waals surface area contributed by atoms with Crippen LogP contribution in [-0.2, 0) is 14.3 Å². The number of ketones is 1. The van der Waals surface area contributed by atoms with Gasteiger partial charge in [-0.15, -0.1) is 0 Å². The Hall–Kier alpha value is -1.37. The lowest BCUT2D eigenvalue weighted by atomic mass is 9.91. The molecule has 1 aliphatic rings. The van der Waals surface area contributed by atoms with Crippen molar-refractivity contribution in [2.75, 3.05) is 7.11 Å². The Balaban J connectivity index is 1.91. The third kappa shape index (κ3) is 7.06.